The van der Waals surface area contributed by atoms with Crippen LogP contribution in [0.15, 0.2) is 12.3 Å². The SMILES string of the molecule is CCCc1c(N2CCNC(C3CC3)C2)ccnc1C. The van der Waals surface area contributed by atoms with E-state index in [-0.39, 0.29) is 0 Å². The van der Waals surface area contributed by atoms with Gasteiger partial charge in [-0.2, -0.15) is 0 Å². The summed E-state index contributed by atoms with van der Waals surface area (Å²) < 4.78 is 0. The highest BCUT2D eigenvalue weighted by molar-refractivity contribution is 5.55. The first-order chi connectivity index (χ1) is 9.29. The molecule has 1 N–H and O–H groups in total. The minimum atomic E-state index is 0.705. The van der Waals surface area contributed by atoms with Crippen molar-refractivity contribution in [2.24, 2.45) is 5.92 Å². The van der Waals surface area contributed by atoms with Crippen LogP contribution in [-0.2, 0) is 6.42 Å². The predicted molar refractivity (Wildman–Crippen MR) is 79.7 cm³/mol. The van der Waals surface area contributed by atoms with Gasteiger partial charge in [-0.1, -0.05) is 13.3 Å². The van der Waals surface area contributed by atoms with Crippen LogP contribution in [0.3, 0.4) is 0 Å². The van der Waals surface area contributed by atoms with Crippen LogP contribution in [0.5, 0.6) is 0 Å². The molecule has 1 atom stereocenters. The van der Waals surface area contributed by atoms with Gasteiger partial charge >= 0.3 is 0 Å². The van der Waals surface area contributed by atoms with Crippen molar-refractivity contribution in [2.75, 3.05) is 24.5 Å². The molecule has 1 aromatic heterocycles. The van der Waals surface area contributed by atoms with Gasteiger partial charge in [-0.05, 0) is 43.7 Å². The molecule has 104 valence electrons. The highest BCUT2D eigenvalue weighted by Gasteiger charge is 2.34. The number of rotatable bonds is 4. The van der Waals surface area contributed by atoms with Gasteiger partial charge in [-0.3, -0.25) is 4.98 Å². The van der Waals surface area contributed by atoms with Gasteiger partial charge in [0.2, 0.25) is 0 Å². The van der Waals surface area contributed by atoms with Crippen molar-refractivity contribution in [3.63, 3.8) is 0 Å². The number of hydrogen-bond donors (Lipinski definition) is 1. The van der Waals surface area contributed by atoms with Crippen molar-refractivity contribution >= 4 is 5.69 Å². The van der Waals surface area contributed by atoms with Crippen molar-refractivity contribution in [1.82, 2.24) is 10.3 Å². The van der Waals surface area contributed by atoms with Crippen LogP contribution in [0, 0.1) is 12.8 Å². The molecule has 1 saturated carbocycles. The molecule has 1 saturated heterocycles. The Morgan fingerprint density at radius 1 is 1.42 bits per heavy atom. The molecule has 3 nitrogen and oxygen atoms in total. The van der Waals surface area contributed by atoms with Gasteiger partial charge in [0.15, 0.2) is 0 Å². The van der Waals surface area contributed by atoms with Crippen LogP contribution < -0.4 is 10.2 Å². The third-order valence-corrected chi connectivity index (χ3v) is 4.48. The summed E-state index contributed by atoms with van der Waals surface area (Å²) in [4.78, 5) is 7.06. The number of anilines is 1. The van der Waals surface area contributed by atoms with Gasteiger partial charge in [0.1, 0.15) is 0 Å². The molecule has 2 aliphatic rings. The van der Waals surface area contributed by atoms with Gasteiger partial charge in [-0.25, -0.2) is 0 Å². The summed E-state index contributed by atoms with van der Waals surface area (Å²) in [5, 5.41) is 3.69. The molecule has 1 aliphatic carbocycles. The molecule has 0 radical (unpaired) electrons. The Morgan fingerprint density at radius 2 is 2.26 bits per heavy atom. The smallest absolute Gasteiger partial charge is 0.0433 e. The number of aryl methyl sites for hydroxylation is 1. The van der Waals surface area contributed by atoms with Crippen molar-refractivity contribution in [1.29, 1.82) is 0 Å². The van der Waals surface area contributed by atoms with E-state index in [1.165, 1.54) is 42.8 Å². The number of nitrogens with one attached hydrogen (secondary N) is 1. The number of hydrogen-bond acceptors (Lipinski definition) is 3. The van der Waals surface area contributed by atoms with E-state index >= 15 is 0 Å². The van der Waals surface area contributed by atoms with Crippen LogP contribution in [0.1, 0.15) is 37.4 Å². The number of aromatic nitrogens is 1. The van der Waals surface area contributed by atoms with Crippen LogP contribution in [0.2, 0.25) is 0 Å². The Labute approximate surface area is 116 Å². The van der Waals surface area contributed by atoms with Gasteiger partial charge in [0, 0.05) is 43.3 Å². The van der Waals surface area contributed by atoms with E-state index in [0.717, 1.165) is 25.4 Å². The highest BCUT2D eigenvalue weighted by atomic mass is 15.2. The second kappa shape index (κ2) is 5.49. The van der Waals surface area contributed by atoms with Crippen LogP contribution >= 0.6 is 0 Å². The van der Waals surface area contributed by atoms with E-state index in [1.54, 1.807) is 0 Å². The maximum atomic E-state index is 4.48. The van der Waals surface area contributed by atoms with E-state index < -0.39 is 0 Å². The van der Waals surface area contributed by atoms with Crippen molar-refractivity contribution in [3.05, 3.63) is 23.5 Å². The number of piperazine rings is 1. The van der Waals surface area contributed by atoms with E-state index in [4.69, 9.17) is 0 Å². The molecule has 1 aliphatic heterocycles. The van der Waals surface area contributed by atoms with E-state index in [9.17, 15) is 0 Å². The van der Waals surface area contributed by atoms with Crippen molar-refractivity contribution in [3.8, 4) is 0 Å². The quantitative estimate of drug-likeness (QED) is 0.900. The summed E-state index contributed by atoms with van der Waals surface area (Å²) >= 11 is 0. The maximum Gasteiger partial charge on any atom is 0.0433 e. The van der Waals surface area contributed by atoms with Gasteiger partial charge in [0.25, 0.3) is 0 Å². The fraction of sp³-hybridized carbons (Fsp3) is 0.688. The first-order valence-electron chi connectivity index (χ1n) is 7.72. The van der Waals surface area contributed by atoms with Gasteiger partial charge in [-0.15, -0.1) is 0 Å². The zero-order valence-electron chi connectivity index (χ0n) is 12.2. The molecule has 3 rings (SSSR count). The summed E-state index contributed by atoms with van der Waals surface area (Å²) in [6, 6.07) is 2.92. The minimum absolute atomic E-state index is 0.705. The molecule has 0 spiro atoms. The summed E-state index contributed by atoms with van der Waals surface area (Å²) in [7, 11) is 0. The summed E-state index contributed by atoms with van der Waals surface area (Å²) in [6.07, 6.45) is 7.15. The molecule has 2 fully saturated rings. The first kappa shape index (κ1) is 12.9. The van der Waals surface area contributed by atoms with Gasteiger partial charge in [0.05, 0.1) is 0 Å². The lowest BCUT2D eigenvalue weighted by atomic mass is 10.0. The predicted octanol–water partition coefficient (Wildman–Crippen LogP) is 2.53. The molecule has 3 heteroatoms. The normalized spacial score (nSPS) is 23.7. The zero-order chi connectivity index (χ0) is 13.2. The molecule has 1 aromatic rings. The maximum absolute atomic E-state index is 4.48. The third kappa shape index (κ3) is 2.76. The molecule has 0 amide bonds. The fourth-order valence-corrected chi connectivity index (χ4v) is 3.25. The summed E-state index contributed by atoms with van der Waals surface area (Å²) in [5.41, 5.74) is 4.10. The Bertz CT molecular complexity index is 440. The fourth-order valence-electron chi connectivity index (χ4n) is 3.25. The minimum Gasteiger partial charge on any atom is -0.368 e. The van der Waals surface area contributed by atoms with E-state index in [2.05, 4.69) is 35.1 Å². The average molecular weight is 259 g/mol. The Hall–Kier alpha value is -1.09. The molecule has 0 aromatic carbocycles. The highest BCUT2D eigenvalue weighted by Crippen LogP contribution is 2.35. The summed E-state index contributed by atoms with van der Waals surface area (Å²) in [5.74, 6) is 0.931. The zero-order valence-corrected chi connectivity index (χ0v) is 12.2. The molecular weight excluding hydrogens is 234 g/mol. The Kier molecular flexibility index (Phi) is 3.74. The first-order valence-corrected chi connectivity index (χ1v) is 7.72. The Morgan fingerprint density at radius 3 is 3.00 bits per heavy atom. The molecule has 19 heavy (non-hydrogen) atoms. The second-order valence-electron chi connectivity index (χ2n) is 5.99. The monoisotopic (exact) mass is 259 g/mol. The topological polar surface area (TPSA) is 28.2 Å². The van der Waals surface area contributed by atoms with E-state index in [0.29, 0.717) is 6.04 Å². The summed E-state index contributed by atoms with van der Waals surface area (Å²) in [6.45, 7) is 7.82. The molecular formula is C16H25N3. The number of pyridine rings is 1. The second-order valence-corrected chi connectivity index (χ2v) is 5.99. The lowest BCUT2D eigenvalue weighted by Gasteiger charge is -2.36. The third-order valence-electron chi connectivity index (χ3n) is 4.48. The molecule has 1 unspecified atom stereocenters. The van der Waals surface area contributed by atoms with Crippen LogP contribution in [0.25, 0.3) is 0 Å². The van der Waals surface area contributed by atoms with Gasteiger partial charge < -0.3 is 10.2 Å². The molecule has 2 heterocycles. The van der Waals surface area contributed by atoms with Crippen LogP contribution in [-0.4, -0.2) is 30.7 Å². The standard InChI is InChI=1S/C16H25N3/c1-3-4-14-12(2)17-8-7-16(14)19-10-9-18-15(11-19)13-5-6-13/h7-8,13,15,18H,3-6,9-11H2,1-2H3. The van der Waals surface area contributed by atoms with Crippen molar-refractivity contribution in [2.45, 2.75) is 45.6 Å². The largest absolute Gasteiger partial charge is 0.368 e. The van der Waals surface area contributed by atoms with E-state index in [1.807, 2.05) is 6.20 Å². The molecule has 0 bridgehead atoms. The lowest BCUT2D eigenvalue weighted by molar-refractivity contribution is 0.418. The van der Waals surface area contributed by atoms with Crippen molar-refractivity contribution < 1.29 is 0 Å². The van der Waals surface area contributed by atoms with Crippen LogP contribution in [0.4, 0.5) is 5.69 Å². The average Bonchev–Trinajstić information content (AvgIpc) is 3.26. The Balaban J connectivity index is 1.81. The lowest BCUT2D eigenvalue weighted by Crippen LogP contribution is -2.52. The number of nitrogens with zero attached hydrogens (tertiary/aromatic N) is 2.